The molecule has 2 aromatic carbocycles. The van der Waals surface area contributed by atoms with Gasteiger partial charge in [0.05, 0.1) is 7.11 Å². The third kappa shape index (κ3) is 4.07. The highest BCUT2D eigenvalue weighted by molar-refractivity contribution is 5.63. The van der Waals surface area contributed by atoms with Crippen molar-refractivity contribution < 1.29 is 4.74 Å². The van der Waals surface area contributed by atoms with E-state index in [0.717, 1.165) is 28.6 Å². The second kappa shape index (κ2) is 7.66. The van der Waals surface area contributed by atoms with Crippen molar-refractivity contribution in [1.29, 1.82) is 0 Å². The molecule has 0 spiro atoms. The second-order valence-electron chi connectivity index (χ2n) is 5.83. The Hall–Kier alpha value is -3.08. The smallest absolute Gasteiger partial charge is 0.135 e. The molecule has 2 N–H and O–H groups in total. The van der Waals surface area contributed by atoms with Gasteiger partial charge in [-0.25, -0.2) is 9.97 Å². The number of ether oxygens (including phenoxy) is 1. The molecule has 5 nitrogen and oxygen atoms in total. The van der Waals surface area contributed by atoms with Crippen molar-refractivity contribution in [2.75, 3.05) is 17.7 Å². The lowest BCUT2D eigenvalue weighted by Crippen LogP contribution is -2.04. The standard InChI is InChI=1S/C20H22N4O/c1-14-7-6-9-17(15(14)2)24-20-11-19(22-13-23-20)21-12-16-8-4-5-10-18(16)25-3/h4-11,13H,12H2,1-3H3,(H2,21,22,23,24). The predicted octanol–water partition coefficient (Wildman–Crippen LogP) is 4.46. The van der Waals surface area contributed by atoms with Crippen molar-refractivity contribution >= 4 is 17.3 Å². The molecule has 1 aromatic heterocycles. The van der Waals surface area contributed by atoms with Crippen LogP contribution in [-0.4, -0.2) is 17.1 Å². The number of anilines is 3. The van der Waals surface area contributed by atoms with Crippen LogP contribution in [0.1, 0.15) is 16.7 Å². The van der Waals surface area contributed by atoms with Gasteiger partial charge in [-0.15, -0.1) is 0 Å². The summed E-state index contributed by atoms with van der Waals surface area (Å²) in [7, 11) is 1.68. The van der Waals surface area contributed by atoms with E-state index in [9.17, 15) is 0 Å². The van der Waals surface area contributed by atoms with Crippen molar-refractivity contribution in [3.63, 3.8) is 0 Å². The van der Waals surface area contributed by atoms with E-state index in [4.69, 9.17) is 4.74 Å². The molecule has 0 aliphatic heterocycles. The molecule has 0 saturated heterocycles. The van der Waals surface area contributed by atoms with Gasteiger partial charge < -0.3 is 15.4 Å². The molecule has 0 aliphatic carbocycles. The van der Waals surface area contributed by atoms with Crippen LogP contribution in [0, 0.1) is 13.8 Å². The molecule has 0 radical (unpaired) electrons. The van der Waals surface area contributed by atoms with Crippen molar-refractivity contribution in [1.82, 2.24) is 9.97 Å². The Morgan fingerprint density at radius 2 is 1.76 bits per heavy atom. The number of hydrogen-bond acceptors (Lipinski definition) is 5. The number of nitrogens with one attached hydrogen (secondary N) is 2. The van der Waals surface area contributed by atoms with Gasteiger partial charge in [0.1, 0.15) is 23.7 Å². The minimum absolute atomic E-state index is 0.629. The van der Waals surface area contributed by atoms with Gasteiger partial charge >= 0.3 is 0 Å². The summed E-state index contributed by atoms with van der Waals surface area (Å²) in [5.74, 6) is 2.37. The third-order valence-corrected chi connectivity index (χ3v) is 4.19. The first-order valence-electron chi connectivity index (χ1n) is 8.18. The highest BCUT2D eigenvalue weighted by Crippen LogP contribution is 2.23. The molecule has 5 heteroatoms. The molecular weight excluding hydrogens is 312 g/mol. The maximum atomic E-state index is 5.38. The first kappa shape index (κ1) is 16.8. The van der Waals surface area contributed by atoms with E-state index >= 15 is 0 Å². The zero-order chi connectivity index (χ0) is 17.6. The van der Waals surface area contributed by atoms with Gasteiger partial charge in [-0.2, -0.15) is 0 Å². The molecule has 0 unspecified atom stereocenters. The van der Waals surface area contributed by atoms with Gasteiger partial charge in [0.15, 0.2) is 0 Å². The van der Waals surface area contributed by atoms with Crippen LogP contribution in [0.3, 0.4) is 0 Å². The van der Waals surface area contributed by atoms with Crippen LogP contribution in [0.5, 0.6) is 5.75 Å². The lowest BCUT2D eigenvalue weighted by Gasteiger charge is -2.12. The SMILES string of the molecule is COc1ccccc1CNc1cc(Nc2cccc(C)c2C)ncn1. The maximum Gasteiger partial charge on any atom is 0.135 e. The van der Waals surface area contributed by atoms with Crippen LogP contribution in [0.4, 0.5) is 17.3 Å². The van der Waals surface area contributed by atoms with E-state index in [1.807, 2.05) is 42.5 Å². The van der Waals surface area contributed by atoms with Crippen LogP contribution in [0.2, 0.25) is 0 Å². The number of benzene rings is 2. The summed E-state index contributed by atoms with van der Waals surface area (Å²) in [6.45, 7) is 4.82. The van der Waals surface area contributed by atoms with Gasteiger partial charge in [0, 0.05) is 23.9 Å². The summed E-state index contributed by atoms with van der Waals surface area (Å²) < 4.78 is 5.38. The Kier molecular flexibility index (Phi) is 5.14. The quantitative estimate of drug-likeness (QED) is 0.697. The topological polar surface area (TPSA) is 59.1 Å². The van der Waals surface area contributed by atoms with E-state index in [1.165, 1.54) is 11.1 Å². The van der Waals surface area contributed by atoms with Crippen LogP contribution >= 0.6 is 0 Å². The van der Waals surface area contributed by atoms with Gasteiger partial charge in [0.25, 0.3) is 0 Å². The van der Waals surface area contributed by atoms with Crippen LogP contribution in [0.25, 0.3) is 0 Å². The van der Waals surface area contributed by atoms with Gasteiger partial charge in [-0.1, -0.05) is 30.3 Å². The van der Waals surface area contributed by atoms with E-state index in [2.05, 4.69) is 40.5 Å². The predicted molar refractivity (Wildman–Crippen MR) is 102 cm³/mol. The fraction of sp³-hybridized carbons (Fsp3) is 0.200. The fourth-order valence-corrected chi connectivity index (χ4v) is 2.58. The molecule has 128 valence electrons. The van der Waals surface area contributed by atoms with Gasteiger partial charge in [-0.05, 0) is 37.1 Å². The minimum atomic E-state index is 0.629. The van der Waals surface area contributed by atoms with Crippen LogP contribution in [-0.2, 0) is 6.54 Å². The first-order chi connectivity index (χ1) is 12.2. The van der Waals surface area contributed by atoms with Crippen molar-refractivity contribution in [2.45, 2.75) is 20.4 Å². The van der Waals surface area contributed by atoms with E-state index < -0.39 is 0 Å². The molecule has 0 bridgehead atoms. The second-order valence-corrected chi connectivity index (χ2v) is 5.83. The Morgan fingerprint density at radius 1 is 0.960 bits per heavy atom. The van der Waals surface area contributed by atoms with Crippen molar-refractivity contribution in [2.24, 2.45) is 0 Å². The lowest BCUT2D eigenvalue weighted by atomic mass is 10.1. The molecule has 25 heavy (non-hydrogen) atoms. The third-order valence-electron chi connectivity index (χ3n) is 4.19. The Morgan fingerprint density at radius 3 is 2.60 bits per heavy atom. The highest BCUT2D eigenvalue weighted by atomic mass is 16.5. The maximum absolute atomic E-state index is 5.38. The molecule has 0 atom stereocenters. The van der Waals surface area contributed by atoms with E-state index in [1.54, 1.807) is 13.4 Å². The Labute approximate surface area is 148 Å². The first-order valence-corrected chi connectivity index (χ1v) is 8.18. The molecule has 3 aromatic rings. The number of para-hydroxylation sites is 1. The zero-order valence-electron chi connectivity index (χ0n) is 14.7. The molecule has 1 heterocycles. The Bertz CT molecular complexity index is 864. The largest absolute Gasteiger partial charge is 0.496 e. The number of methoxy groups -OCH3 is 1. The molecule has 0 fully saturated rings. The highest BCUT2D eigenvalue weighted by Gasteiger charge is 2.05. The summed E-state index contributed by atoms with van der Waals surface area (Å²) in [6.07, 6.45) is 1.55. The summed E-state index contributed by atoms with van der Waals surface area (Å²) in [6, 6.07) is 16.0. The van der Waals surface area contributed by atoms with E-state index in [0.29, 0.717) is 6.54 Å². The normalized spacial score (nSPS) is 10.4. The summed E-state index contributed by atoms with van der Waals surface area (Å²) in [5.41, 5.74) is 4.58. The summed E-state index contributed by atoms with van der Waals surface area (Å²) in [5, 5.41) is 6.68. The molecule has 0 saturated carbocycles. The molecular formula is C20H22N4O. The molecule has 0 aliphatic rings. The summed E-state index contributed by atoms with van der Waals surface area (Å²) in [4.78, 5) is 8.60. The summed E-state index contributed by atoms with van der Waals surface area (Å²) >= 11 is 0. The number of rotatable bonds is 6. The Balaban J connectivity index is 1.72. The average molecular weight is 334 g/mol. The zero-order valence-corrected chi connectivity index (χ0v) is 14.7. The van der Waals surface area contributed by atoms with Crippen molar-refractivity contribution in [3.05, 3.63) is 71.5 Å². The minimum Gasteiger partial charge on any atom is -0.496 e. The van der Waals surface area contributed by atoms with Gasteiger partial charge in [-0.3, -0.25) is 0 Å². The van der Waals surface area contributed by atoms with Crippen LogP contribution in [0.15, 0.2) is 54.9 Å². The van der Waals surface area contributed by atoms with Crippen LogP contribution < -0.4 is 15.4 Å². The lowest BCUT2D eigenvalue weighted by molar-refractivity contribution is 0.410. The van der Waals surface area contributed by atoms with Gasteiger partial charge in [0.2, 0.25) is 0 Å². The fourth-order valence-electron chi connectivity index (χ4n) is 2.58. The number of aromatic nitrogens is 2. The molecule has 3 rings (SSSR count). The number of nitrogens with zero attached hydrogens (tertiary/aromatic N) is 2. The average Bonchev–Trinajstić information content (AvgIpc) is 2.64. The van der Waals surface area contributed by atoms with Crippen molar-refractivity contribution in [3.8, 4) is 5.75 Å². The van der Waals surface area contributed by atoms with E-state index in [-0.39, 0.29) is 0 Å². The molecule has 0 amide bonds. The number of aryl methyl sites for hydroxylation is 1. The number of hydrogen-bond donors (Lipinski definition) is 2. The monoisotopic (exact) mass is 334 g/mol.